The van der Waals surface area contributed by atoms with Crippen molar-refractivity contribution < 1.29 is 23.2 Å². The van der Waals surface area contributed by atoms with Crippen LogP contribution in [0, 0.1) is 10.1 Å². The molecular formula is C11H13N3O6S. The number of non-ortho nitro benzene ring substituents is 1. The van der Waals surface area contributed by atoms with Crippen molar-refractivity contribution in [3.05, 3.63) is 28.3 Å². The Hall–Kier alpha value is -2.36. The number of amides is 2. The number of phenols is 1. The first kappa shape index (κ1) is 15.0. The van der Waals surface area contributed by atoms with Crippen LogP contribution in [0.25, 0.3) is 0 Å². The van der Waals surface area contributed by atoms with Gasteiger partial charge in [0, 0.05) is 18.2 Å². The van der Waals surface area contributed by atoms with E-state index in [1.165, 1.54) is 0 Å². The summed E-state index contributed by atoms with van der Waals surface area (Å²) >= 11 is 0. The Labute approximate surface area is 120 Å². The van der Waals surface area contributed by atoms with Gasteiger partial charge in [-0.05, 0) is 12.5 Å². The van der Waals surface area contributed by atoms with E-state index in [4.69, 9.17) is 0 Å². The Morgan fingerprint density at radius 2 is 2.14 bits per heavy atom. The van der Waals surface area contributed by atoms with Gasteiger partial charge in [0.25, 0.3) is 5.69 Å². The van der Waals surface area contributed by atoms with E-state index < -0.39 is 26.8 Å². The molecule has 0 spiro atoms. The van der Waals surface area contributed by atoms with Crippen LogP contribution in [0.4, 0.5) is 16.2 Å². The van der Waals surface area contributed by atoms with Crippen LogP contribution < -0.4 is 10.6 Å². The van der Waals surface area contributed by atoms with E-state index in [2.05, 4.69) is 10.6 Å². The number of hydrogen-bond donors (Lipinski definition) is 3. The number of nitro benzene ring substituents is 1. The van der Waals surface area contributed by atoms with Gasteiger partial charge in [0.15, 0.2) is 9.84 Å². The maximum atomic E-state index is 11.7. The molecule has 1 atom stereocenters. The Balaban J connectivity index is 2.03. The lowest BCUT2D eigenvalue weighted by atomic mass is 10.2. The number of nitro groups is 1. The number of sulfone groups is 1. The first-order valence-electron chi connectivity index (χ1n) is 6.02. The van der Waals surface area contributed by atoms with Gasteiger partial charge in [0.05, 0.1) is 22.1 Å². The van der Waals surface area contributed by atoms with Crippen LogP contribution in [0.3, 0.4) is 0 Å². The fourth-order valence-electron chi connectivity index (χ4n) is 1.99. The van der Waals surface area contributed by atoms with Gasteiger partial charge in [-0.1, -0.05) is 0 Å². The molecule has 0 bridgehead atoms. The molecule has 0 radical (unpaired) electrons. The van der Waals surface area contributed by atoms with Crippen molar-refractivity contribution in [1.29, 1.82) is 0 Å². The van der Waals surface area contributed by atoms with E-state index in [0.717, 1.165) is 18.2 Å². The monoisotopic (exact) mass is 315 g/mol. The topological polar surface area (TPSA) is 139 Å². The van der Waals surface area contributed by atoms with Crippen molar-refractivity contribution in [2.75, 3.05) is 16.8 Å². The lowest BCUT2D eigenvalue weighted by Crippen LogP contribution is -2.38. The molecule has 1 aliphatic rings. The quantitative estimate of drug-likeness (QED) is 0.424. The van der Waals surface area contributed by atoms with Crippen LogP contribution in [0.15, 0.2) is 18.2 Å². The third kappa shape index (κ3) is 3.81. The maximum absolute atomic E-state index is 11.7. The van der Waals surface area contributed by atoms with Gasteiger partial charge in [0.1, 0.15) is 5.75 Å². The summed E-state index contributed by atoms with van der Waals surface area (Å²) in [6, 6.07) is 1.97. The van der Waals surface area contributed by atoms with E-state index in [1.54, 1.807) is 0 Å². The van der Waals surface area contributed by atoms with Crippen LogP contribution in [0.1, 0.15) is 6.42 Å². The maximum Gasteiger partial charge on any atom is 0.319 e. The number of aromatic hydroxyl groups is 1. The average molecular weight is 315 g/mol. The SMILES string of the molecule is O=C(Nc1cc([N+](=O)[O-])ccc1O)N[C@H]1CCS(=O)(=O)C1. The third-order valence-corrected chi connectivity index (χ3v) is 4.77. The Morgan fingerprint density at radius 3 is 2.71 bits per heavy atom. The zero-order valence-electron chi connectivity index (χ0n) is 10.8. The second-order valence-corrected chi connectivity index (χ2v) is 6.89. The molecule has 1 saturated heterocycles. The van der Waals surface area contributed by atoms with E-state index in [9.17, 15) is 28.4 Å². The van der Waals surface area contributed by atoms with Crippen molar-refractivity contribution in [2.24, 2.45) is 0 Å². The smallest absolute Gasteiger partial charge is 0.319 e. The largest absolute Gasteiger partial charge is 0.506 e. The van der Waals surface area contributed by atoms with E-state index in [1.807, 2.05) is 0 Å². The molecule has 0 unspecified atom stereocenters. The summed E-state index contributed by atoms with van der Waals surface area (Å²) in [4.78, 5) is 21.7. The number of nitrogens with zero attached hydrogens (tertiary/aromatic N) is 1. The predicted octanol–water partition coefficient (Wildman–Crippen LogP) is 0.609. The van der Waals surface area contributed by atoms with Gasteiger partial charge in [-0.3, -0.25) is 10.1 Å². The minimum absolute atomic E-state index is 0.0139. The van der Waals surface area contributed by atoms with Gasteiger partial charge in [-0.2, -0.15) is 0 Å². The molecule has 1 fully saturated rings. The summed E-state index contributed by atoms with van der Waals surface area (Å²) in [6.45, 7) is 0. The normalized spacial score (nSPS) is 19.9. The van der Waals surface area contributed by atoms with Crippen molar-refractivity contribution >= 4 is 27.2 Å². The first-order chi connectivity index (χ1) is 9.77. The molecule has 21 heavy (non-hydrogen) atoms. The van der Waals surface area contributed by atoms with E-state index in [-0.39, 0.29) is 28.6 Å². The van der Waals surface area contributed by atoms with Gasteiger partial charge >= 0.3 is 6.03 Å². The molecule has 0 saturated carbocycles. The second kappa shape index (κ2) is 5.56. The second-order valence-electron chi connectivity index (χ2n) is 4.66. The van der Waals surface area contributed by atoms with Crippen LogP contribution in [0.5, 0.6) is 5.75 Å². The zero-order valence-corrected chi connectivity index (χ0v) is 11.6. The zero-order chi connectivity index (χ0) is 15.6. The van der Waals surface area contributed by atoms with Gasteiger partial charge in [0.2, 0.25) is 0 Å². The van der Waals surface area contributed by atoms with Crippen molar-refractivity contribution in [3.63, 3.8) is 0 Å². The number of anilines is 1. The molecule has 2 amide bonds. The third-order valence-electron chi connectivity index (χ3n) is 3.01. The van der Waals surface area contributed by atoms with Gasteiger partial charge in [-0.15, -0.1) is 0 Å². The lowest BCUT2D eigenvalue weighted by molar-refractivity contribution is -0.384. The summed E-state index contributed by atoms with van der Waals surface area (Å²) in [6.07, 6.45) is 0.316. The molecule has 1 aromatic rings. The molecule has 1 aromatic carbocycles. The number of phenolic OH excluding ortho intramolecular Hbond substituents is 1. The summed E-state index contributed by atoms with van der Waals surface area (Å²) < 4.78 is 22.5. The van der Waals surface area contributed by atoms with Crippen LogP contribution in [-0.2, 0) is 9.84 Å². The fourth-order valence-corrected chi connectivity index (χ4v) is 3.66. The van der Waals surface area contributed by atoms with Crippen molar-refractivity contribution in [2.45, 2.75) is 12.5 Å². The summed E-state index contributed by atoms with van der Waals surface area (Å²) in [5, 5.41) is 24.9. The number of carbonyl (C=O) groups excluding carboxylic acids is 1. The number of benzene rings is 1. The first-order valence-corrected chi connectivity index (χ1v) is 7.84. The fraction of sp³-hybridized carbons (Fsp3) is 0.364. The van der Waals surface area contributed by atoms with Crippen molar-refractivity contribution in [1.82, 2.24) is 5.32 Å². The van der Waals surface area contributed by atoms with Crippen LogP contribution in [0.2, 0.25) is 0 Å². The Kier molecular flexibility index (Phi) is 3.98. The highest BCUT2D eigenvalue weighted by Gasteiger charge is 2.29. The minimum atomic E-state index is -3.12. The molecule has 2 rings (SSSR count). The molecule has 0 aliphatic carbocycles. The summed E-state index contributed by atoms with van der Waals surface area (Å²) in [7, 11) is -3.12. The number of hydrogen-bond acceptors (Lipinski definition) is 6. The Morgan fingerprint density at radius 1 is 1.43 bits per heavy atom. The number of urea groups is 1. The molecule has 1 heterocycles. The van der Waals surface area contributed by atoms with Crippen LogP contribution in [-0.4, -0.2) is 42.0 Å². The number of nitrogens with one attached hydrogen (secondary N) is 2. The molecule has 114 valence electrons. The molecule has 1 aliphatic heterocycles. The summed E-state index contributed by atoms with van der Waals surface area (Å²) in [5.41, 5.74) is -0.408. The summed E-state index contributed by atoms with van der Waals surface area (Å²) in [5.74, 6) is -0.448. The van der Waals surface area contributed by atoms with Crippen molar-refractivity contribution in [3.8, 4) is 5.75 Å². The Bertz CT molecular complexity index is 687. The van der Waals surface area contributed by atoms with Crippen LogP contribution >= 0.6 is 0 Å². The number of rotatable bonds is 3. The highest BCUT2D eigenvalue weighted by atomic mass is 32.2. The standard InChI is InChI=1S/C11H13N3O6S/c15-10-2-1-8(14(17)18)5-9(10)13-11(16)12-7-3-4-21(19,20)6-7/h1-2,5,7,15H,3-4,6H2,(H2,12,13,16)/t7-/m0/s1. The van der Waals surface area contributed by atoms with E-state index in [0.29, 0.717) is 6.42 Å². The molecule has 0 aromatic heterocycles. The minimum Gasteiger partial charge on any atom is -0.506 e. The molecule has 10 heteroatoms. The van der Waals surface area contributed by atoms with Gasteiger partial charge < -0.3 is 15.7 Å². The molecular weight excluding hydrogens is 302 g/mol. The predicted molar refractivity (Wildman–Crippen MR) is 74.0 cm³/mol. The van der Waals surface area contributed by atoms with E-state index >= 15 is 0 Å². The highest BCUT2D eigenvalue weighted by Crippen LogP contribution is 2.27. The lowest BCUT2D eigenvalue weighted by Gasteiger charge is -2.12. The molecule has 3 N–H and O–H groups in total. The average Bonchev–Trinajstić information content (AvgIpc) is 2.71. The highest BCUT2D eigenvalue weighted by molar-refractivity contribution is 7.91. The molecule has 9 nitrogen and oxygen atoms in total. The van der Waals surface area contributed by atoms with Gasteiger partial charge in [-0.25, -0.2) is 13.2 Å². The number of carbonyl (C=O) groups is 1.